The van der Waals surface area contributed by atoms with Crippen LogP contribution in [0.15, 0.2) is 28.9 Å². The summed E-state index contributed by atoms with van der Waals surface area (Å²) in [5.74, 6) is 1.82. The van der Waals surface area contributed by atoms with Gasteiger partial charge in [0.05, 0.1) is 16.6 Å². The topological polar surface area (TPSA) is 64.7 Å². The molecule has 18 heavy (non-hydrogen) atoms. The van der Waals surface area contributed by atoms with E-state index in [0.29, 0.717) is 18.2 Å². The molecule has 1 saturated carbocycles. The number of anilines is 1. The first kappa shape index (κ1) is 11.6. The van der Waals surface area contributed by atoms with E-state index >= 15 is 0 Å². The van der Waals surface area contributed by atoms with Gasteiger partial charge < -0.3 is 5.73 Å². The molecule has 0 atom stereocenters. The van der Waals surface area contributed by atoms with Crippen LogP contribution in [0.1, 0.15) is 36.0 Å². The monoisotopic (exact) mass is 304 g/mol. The van der Waals surface area contributed by atoms with Gasteiger partial charge in [0, 0.05) is 17.8 Å². The summed E-state index contributed by atoms with van der Waals surface area (Å²) in [6.45, 7) is 0. The highest BCUT2D eigenvalue weighted by Gasteiger charge is 2.29. The van der Waals surface area contributed by atoms with E-state index in [2.05, 4.69) is 30.9 Å². The second-order valence-electron chi connectivity index (χ2n) is 4.50. The molecule has 92 valence electrons. The van der Waals surface area contributed by atoms with E-state index in [1.165, 1.54) is 12.8 Å². The molecule has 4 nitrogen and oxygen atoms in total. The predicted octanol–water partition coefficient (Wildman–Crippen LogP) is 2.68. The summed E-state index contributed by atoms with van der Waals surface area (Å²) in [4.78, 5) is 13.2. The number of nitrogens with two attached hydrogens (primary N) is 1. The van der Waals surface area contributed by atoms with Gasteiger partial charge in [-0.3, -0.25) is 4.98 Å². The molecule has 1 aliphatic carbocycles. The standard InChI is InChI=1S/C13H13BrN4/c14-11-12(8-4-5-8)17-10(18-13(11)15)7-9-3-1-2-6-16-9/h1-3,6,8H,4-5,7H2,(H2,15,17,18). The third-order valence-electron chi connectivity index (χ3n) is 2.98. The zero-order valence-electron chi connectivity index (χ0n) is 9.81. The molecule has 2 aromatic heterocycles. The van der Waals surface area contributed by atoms with Gasteiger partial charge in [-0.05, 0) is 40.9 Å². The van der Waals surface area contributed by atoms with Crippen LogP contribution < -0.4 is 5.73 Å². The Morgan fingerprint density at radius 2 is 2.11 bits per heavy atom. The largest absolute Gasteiger partial charge is 0.383 e. The van der Waals surface area contributed by atoms with Crippen molar-refractivity contribution in [2.24, 2.45) is 0 Å². The van der Waals surface area contributed by atoms with Crippen LogP contribution in [-0.4, -0.2) is 15.0 Å². The minimum atomic E-state index is 0.526. The molecule has 2 N–H and O–H groups in total. The summed E-state index contributed by atoms with van der Waals surface area (Å²) >= 11 is 3.47. The van der Waals surface area contributed by atoms with Crippen molar-refractivity contribution in [1.82, 2.24) is 15.0 Å². The van der Waals surface area contributed by atoms with E-state index in [1.54, 1.807) is 6.20 Å². The third-order valence-corrected chi connectivity index (χ3v) is 3.79. The number of pyridine rings is 1. The smallest absolute Gasteiger partial charge is 0.141 e. The fourth-order valence-electron chi connectivity index (χ4n) is 1.90. The van der Waals surface area contributed by atoms with Crippen molar-refractivity contribution < 1.29 is 0 Å². The second kappa shape index (κ2) is 4.65. The Bertz CT molecular complexity index is 567. The summed E-state index contributed by atoms with van der Waals surface area (Å²) in [7, 11) is 0. The Balaban J connectivity index is 1.93. The Kier molecular flexibility index (Phi) is 2.99. The van der Waals surface area contributed by atoms with Gasteiger partial charge in [0.15, 0.2) is 0 Å². The lowest BCUT2D eigenvalue weighted by Gasteiger charge is -2.07. The van der Waals surface area contributed by atoms with Crippen LogP contribution in [0, 0.1) is 0 Å². The highest BCUT2D eigenvalue weighted by Crippen LogP contribution is 2.43. The van der Waals surface area contributed by atoms with E-state index in [4.69, 9.17) is 5.73 Å². The van der Waals surface area contributed by atoms with Gasteiger partial charge in [-0.1, -0.05) is 6.07 Å². The van der Waals surface area contributed by atoms with Crippen molar-refractivity contribution in [3.63, 3.8) is 0 Å². The number of halogens is 1. The Labute approximate surface area is 114 Å². The first-order chi connectivity index (χ1) is 8.74. The van der Waals surface area contributed by atoms with E-state index in [1.807, 2.05) is 18.2 Å². The zero-order valence-corrected chi connectivity index (χ0v) is 11.4. The van der Waals surface area contributed by atoms with Crippen LogP contribution >= 0.6 is 15.9 Å². The van der Waals surface area contributed by atoms with Crippen LogP contribution in [0.2, 0.25) is 0 Å². The second-order valence-corrected chi connectivity index (χ2v) is 5.29. The van der Waals surface area contributed by atoms with Crippen LogP contribution in [-0.2, 0) is 6.42 Å². The molecule has 5 heteroatoms. The molecule has 0 aromatic carbocycles. The molecule has 0 radical (unpaired) electrons. The molecule has 0 saturated heterocycles. The maximum Gasteiger partial charge on any atom is 0.141 e. The molecule has 0 bridgehead atoms. The van der Waals surface area contributed by atoms with E-state index < -0.39 is 0 Å². The van der Waals surface area contributed by atoms with Gasteiger partial charge in [0.2, 0.25) is 0 Å². The van der Waals surface area contributed by atoms with Gasteiger partial charge in [0.25, 0.3) is 0 Å². The lowest BCUT2D eigenvalue weighted by molar-refractivity contribution is 0.880. The molecular weight excluding hydrogens is 292 g/mol. The molecular formula is C13H13BrN4. The number of nitrogen functional groups attached to an aromatic ring is 1. The molecule has 2 heterocycles. The highest BCUT2D eigenvalue weighted by atomic mass is 79.9. The number of nitrogens with zero attached hydrogens (tertiary/aromatic N) is 3. The Morgan fingerprint density at radius 3 is 2.78 bits per heavy atom. The summed E-state index contributed by atoms with van der Waals surface area (Å²) in [6, 6.07) is 5.83. The van der Waals surface area contributed by atoms with Crippen LogP contribution in [0.4, 0.5) is 5.82 Å². The number of aromatic nitrogens is 3. The van der Waals surface area contributed by atoms with Crippen molar-refractivity contribution in [2.45, 2.75) is 25.2 Å². The number of hydrogen-bond donors (Lipinski definition) is 1. The zero-order chi connectivity index (χ0) is 12.5. The van der Waals surface area contributed by atoms with Crippen molar-refractivity contribution in [1.29, 1.82) is 0 Å². The maximum atomic E-state index is 5.92. The molecule has 0 unspecified atom stereocenters. The molecule has 0 aliphatic heterocycles. The first-order valence-electron chi connectivity index (χ1n) is 5.95. The molecule has 1 aliphatic rings. The summed E-state index contributed by atoms with van der Waals surface area (Å²) in [5.41, 5.74) is 7.93. The van der Waals surface area contributed by atoms with Crippen LogP contribution in [0.3, 0.4) is 0 Å². The lowest BCUT2D eigenvalue weighted by Crippen LogP contribution is -2.06. The predicted molar refractivity (Wildman–Crippen MR) is 73.2 cm³/mol. The maximum absolute atomic E-state index is 5.92. The highest BCUT2D eigenvalue weighted by molar-refractivity contribution is 9.10. The van der Waals surface area contributed by atoms with Crippen molar-refractivity contribution in [3.05, 3.63) is 46.1 Å². The summed E-state index contributed by atoms with van der Waals surface area (Å²) in [5, 5.41) is 0. The number of rotatable bonds is 3. The van der Waals surface area contributed by atoms with E-state index in [-0.39, 0.29) is 0 Å². The van der Waals surface area contributed by atoms with Gasteiger partial charge in [0.1, 0.15) is 11.6 Å². The van der Waals surface area contributed by atoms with Crippen molar-refractivity contribution >= 4 is 21.7 Å². The van der Waals surface area contributed by atoms with Crippen molar-refractivity contribution in [3.8, 4) is 0 Å². The Morgan fingerprint density at radius 1 is 1.28 bits per heavy atom. The fraction of sp³-hybridized carbons (Fsp3) is 0.308. The van der Waals surface area contributed by atoms with E-state index in [9.17, 15) is 0 Å². The van der Waals surface area contributed by atoms with Crippen molar-refractivity contribution in [2.75, 3.05) is 5.73 Å². The molecule has 3 rings (SSSR count). The average Bonchev–Trinajstić information content (AvgIpc) is 3.19. The summed E-state index contributed by atoms with van der Waals surface area (Å²) in [6.07, 6.45) is 4.79. The number of hydrogen-bond acceptors (Lipinski definition) is 4. The lowest BCUT2D eigenvalue weighted by atomic mass is 10.2. The SMILES string of the molecule is Nc1nc(Cc2ccccn2)nc(C2CC2)c1Br. The minimum Gasteiger partial charge on any atom is -0.383 e. The molecule has 0 spiro atoms. The van der Waals surface area contributed by atoms with Crippen LogP contribution in [0.25, 0.3) is 0 Å². The van der Waals surface area contributed by atoms with Gasteiger partial charge in [-0.25, -0.2) is 9.97 Å². The first-order valence-corrected chi connectivity index (χ1v) is 6.75. The molecule has 2 aromatic rings. The minimum absolute atomic E-state index is 0.526. The normalized spacial score (nSPS) is 14.7. The van der Waals surface area contributed by atoms with E-state index in [0.717, 1.165) is 21.7 Å². The Hall–Kier alpha value is -1.49. The fourth-order valence-corrected chi connectivity index (χ4v) is 2.40. The van der Waals surface area contributed by atoms with Gasteiger partial charge >= 0.3 is 0 Å². The van der Waals surface area contributed by atoms with Gasteiger partial charge in [-0.15, -0.1) is 0 Å². The molecule has 0 amide bonds. The molecule has 1 fully saturated rings. The van der Waals surface area contributed by atoms with Gasteiger partial charge in [-0.2, -0.15) is 0 Å². The van der Waals surface area contributed by atoms with Crippen LogP contribution in [0.5, 0.6) is 0 Å². The third kappa shape index (κ3) is 2.36. The summed E-state index contributed by atoms with van der Waals surface area (Å²) < 4.78 is 0.856. The quantitative estimate of drug-likeness (QED) is 0.947. The average molecular weight is 305 g/mol.